The summed E-state index contributed by atoms with van der Waals surface area (Å²) >= 11 is 0. The number of carbonyl (C=O) groups is 1. The molecule has 25 heavy (non-hydrogen) atoms. The van der Waals surface area contributed by atoms with Gasteiger partial charge in [0.1, 0.15) is 11.5 Å². The van der Waals surface area contributed by atoms with Crippen molar-refractivity contribution in [2.24, 2.45) is 0 Å². The summed E-state index contributed by atoms with van der Waals surface area (Å²) in [7, 11) is 0. The lowest BCUT2D eigenvalue weighted by atomic mass is 10.2. The normalized spacial score (nSPS) is 10.7. The van der Waals surface area contributed by atoms with Crippen LogP contribution in [0, 0.1) is 0 Å². The number of para-hydroxylation sites is 1. The van der Waals surface area contributed by atoms with Crippen molar-refractivity contribution in [2.45, 2.75) is 33.1 Å². The molecule has 134 valence electrons. The Balaban J connectivity index is 1.80. The molecule has 0 atom stereocenters. The minimum atomic E-state index is 0.0499. The van der Waals surface area contributed by atoms with Gasteiger partial charge in [0.15, 0.2) is 0 Å². The molecule has 0 fully saturated rings. The molecule has 2 aromatic carbocycles. The standard InChI is InChI=1S/C21H28N2O2/c1-3-15-23(16-4-2)17-14-21(24)22-18-10-12-20(13-11-18)25-19-8-6-5-7-9-19/h5-13H,3-4,14-17H2,1-2H3,(H,22,24). The topological polar surface area (TPSA) is 41.6 Å². The third-order valence-corrected chi connectivity index (χ3v) is 3.85. The van der Waals surface area contributed by atoms with E-state index in [4.69, 9.17) is 4.74 Å². The fourth-order valence-corrected chi connectivity index (χ4v) is 2.68. The third kappa shape index (κ3) is 6.98. The number of nitrogens with one attached hydrogen (secondary N) is 1. The Hall–Kier alpha value is -2.33. The van der Waals surface area contributed by atoms with Crippen molar-refractivity contribution in [2.75, 3.05) is 25.0 Å². The van der Waals surface area contributed by atoms with E-state index in [1.165, 1.54) is 0 Å². The number of hydrogen-bond acceptors (Lipinski definition) is 3. The van der Waals surface area contributed by atoms with Crippen LogP contribution in [0.5, 0.6) is 11.5 Å². The van der Waals surface area contributed by atoms with Gasteiger partial charge in [-0.1, -0.05) is 32.0 Å². The van der Waals surface area contributed by atoms with E-state index in [1.54, 1.807) is 0 Å². The zero-order valence-corrected chi connectivity index (χ0v) is 15.2. The van der Waals surface area contributed by atoms with Crippen LogP contribution in [-0.4, -0.2) is 30.4 Å². The molecular formula is C21H28N2O2. The monoisotopic (exact) mass is 340 g/mol. The number of anilines is 1. The summed E-state index contributed by atoms with van der Waals surface area (Å²) in [4.78, 5) is 14.5. The maximum Gasteiger partial charge on any atom is 0.225 e. The van der Waals surface area contributed by atoms with E-state index < -0.39 is 0 Å². The van der Waals surface area contributed by atoms with Crippen LogP contribution < -0.4 is 10.1 Å². The highest BCUT2D eigenvalue weighted by Gasteiger charge is 2.07. The second-order valence-electron chi connectivity index (χ2n) is 6.08. The van der Waals surface area contributed by atoms with Gasteiger partial charge in [0.25, 0.3) is 0 Å². The Morgan fingerprint density at radius 3 is 2.08 bits per heavy atom. The molecule has 4 nitrogen and oxygen atoms in total. The summed E-state index contributed by atoms with van der Waals surface area (Å²) in [5, 5.41) is 2.95. The molecule has 4 heteroatoms. The number of hydrogen-bond donors (Lipinski definition) is 1. The van der Waals surface area contributed by atoms with Crippen LogP contribution in [0.1, 0.15) is 33.1 Å². The molecule has 2 rings (SSSR count). The van der Waals surface area contributed by atoms with Crippen LogP contribution in [0.3, 0.4) is 0 Å². The maximum absolute atomic E-state index is 12.1. The number of rotatable bonds is 10. The fraction of sp³-hybridized carbons (Fsp3) is 0.381. The van der Waals surface area contributed by atoms with Crippen molar-refractivity contribution < 1.29 is 9.53 Å². The van der Waals surface area contributed by atoms with Gasteiger partial charge >= 0.3 is 0 Å². The van der Waals surface area contributed by atoms with Gasteiger partial charge in [0, 0.05) is 18.7 Å². The van der Waals surface area contributed by atoms with Crippen molar-refractivity contribution >= 4 is 11.6 Å². The molecule has 0 aliphatic rings. The summed E-state index contributed by atoms with van der Waals surface area (Å²) in [5.74, 6) is 1.60. The van der Waals surface area contributed by atoms with Gasteiger partial charge in [-0.15, -0.1) is 0 Å². The number of carbonyl (C=O) groups excluding carboxylic acids is 1. The van der Waals surface area contributed by atoms with E-state index in [0.29, 0.717) is 6.42 Å². The summed E-state index contributed by atoms with van der Waals surface area (Å²) < 4.78 is 5.75. The average molecular weight is 340 g/mol. The summed E-state index contributed by atoms with van der Waals surface area (Å²) in [6.07, 6.45) is 2.75. The largest absolute Gasteiger partial charge is 0.457 e. The second-order valence-corrected chi connectivity index (χ2v) is 6.08. The molecule has 0 unspecified atom stereocenters. The first-order valence-electron chi connectivity index (χ1n) is 9.06. The van der Waals surface area contributed by atoms with Gasteiger partial charge in [0.2, 0.25) is 5.91 Å². The van der Waals surface area contributed by atoms with Gasteiger partial charge in [-0.2, -0.15) is 0 Å². The Labute approximate surface area is 150 Å². The van der Waals surface area contributed by atoms with Crippen molar-refractivity contribution in [3.8, 4) is 11.5 Å². The van der Waals surface area contributed by atoms with Crippen molar-refractivity contribution in [1.82, 2.24) is 4.90 Å². The smallest absolute Gasteiger partial charge is 0.225 e. The van der Waals surface area contributed by atoms with E-state index in [2.05, 4.69) is 24.1 Å². The third-order valence-electron chi connectivity index (χ3n) is 3.85. The summed E-state index contributed by atoms with van der Waals surface area (Å²) in [5.41, 5.74) is 0.794. The van der Waals surface area contributed by atoms with Crippen LogP contribution in [0.4, 0.5) is 5.69 Å². The molecule has 0 aromatic heterocycles. The number of ether oxygens (including phenoxy) is 1. The zero-order chi connectivity index (χ0) is 17.9. The molecule has 0 saturated carbocycles. The number of nitrogens with zero attached hydrogens (tertiary/aromatic N) is 1. The van der Waals surface area contributed by atoms with Gasteiger partial charge in [-0.25, -0.2) is 0 Å². The highest BCUT2D eigenvalue weighted by molar-refractivity contribution is 5.90. The van der Waals surface area contributed by atoms with Crippen molar-refractivity contribution in [3.63, 3.8) is 0 Å². The van der Waals surface area contributed by atoms with Crippen LogP contribution in [0.15, 0.2) is 54.6 Å². The predicted molar refractivity (Wildman–Crippen MR) is 103 cm³/mol. The van der Waals surface area contributed by atoms with Crippen LogP contribution in [0.2, 0.25) is 0 Å². The molecule has 1 N–H and O–H groups in total. The van der Waals surface area contributed by atoms with Crippen molar-refractivity contribution in [1.29, 1.82) is 0 Å². The molecule has 0 bridgehead atoms. The van der Waals surface area contributed by atoms with Crippen molar-refractivity contribution in [3.05, 3.63) is 54.6 Å². The molecule has 0 saturated heterocycles. The molecule has 1 amide bonds. The SMILES string of the molecule is CCCN(CCC)CCC(=O)Nc1ccc(Oc2ccccc2)cc1. The second kappa shape index (κ2) is 10.5. The molecular weight excluding hydrogens is 312 g/mol. The molecule has 0 aliphatic heterocycles. The average Bonchev–Trinajstić information content (AvgIpc) is 2.63. The van der Waals surface area contributed by atoms with Crippen LogP contribution in [-0.2, 0) is 4.79 Å². The quantitative estimate of drug-likeness (QED) is 0.667. The Morgan fingerprint density at radius 1 is 0.880 bits per heavy atom. The Bertz CT molecular complexity index is 620. The van der Waals surface area contributed by atoms with Gasteiger partial charge in [-0.3, -0.25) is 4.79 Å². The van der Waals surface area contributed by atoms with Gasteiger partial charge in [0.05, 0.1) is 0 Å². The fourth-order valence-electron chi connectivity index (χ4n) is 2.68. The van der Waals surface area contributed by atoms with Gasteiger partial charge in [-0.05, 0) is 62.3 Å². The highest BCUT2D eigenvalue weighted by Crippen LogP contribution is 2.22. The van der Waals surface area contributed by atoms with E-state index >= 15 is 0 Å². The minimum Gasteiger partial charge on any atom is -0.457 e. The minimum absolute atomic E-state index is 0.0499. The lowest BCUT2D eigenvalue weighted by Crippen LogP contribution is -2.29. The first kappa shape index (κ1) is 19.0. The van der Waals surface area contributed by atoms with E-state index in [-0.39, 0.29) is 5.91 Å². The predicted octanol–water partition coefficient (Wildman–Crippen LogP) is 4.93. The highest BCUT2D eigenvalue weighted by atomic mass is 16.5. The maximum atomic E-state index is 12.1. The van der Waals surface area contributed by atoms with Crippen LogP contribution >= 0.6 is 0 Å². The van der Waals surface area contributed by atoms with Gasteiger partial charge < -0.3 is 15.0 Å². The first-order chi connectivity index (χ1) is 12.2. The number of amides is 1. The Kier molecular flexibility index (Phi) is 7.99. The summed E-state index contributed by atoms with van der Waals surface area (Å²) in [6, 6.07) is 17.1. The lowest BCUT2D eigenvalue weighted by molar-refractivity contribution is -0.116. The molecule has 0 radical (unpaired) electrons. The molecule has 0 heterocycles. The van der Waals surface area contributed by atoms with Crippen LogP contribution in [0.25, 0.3) is 0 Å². The lowest BCUT2D eigenvalue weighted by Gasteiger charge is -2.20. The first-order valence-corrected chi connectivity index (χ1v) is 9.06. The Morgan fingerprint density at radius 2 is 1.48 bits per heavy atom. The molecule has 0 aliphatic carbocycles. The van der Waals surface area contributed by atoms with E-state index in [9.17, 15) is 4.79 Å². The molecule has 0 spiro atoms. The molecule has 2 aromatic rings. The van der Waals surface area contributed by atoms with E-state index in [1.807, 2.05) is 54.6 Å². The summed E-state index contributed by atoms with van der Waals surface area (Å²) in [6.45, 7) is 7.24. The zero-order valence-electron chi connectivity index (χ0n) is 15.2. The van der Waals surface area contributed by atoms with E-state index in [0.717, 1.165) is 49.7 Å². The number of benzene rings is 2.